The first-order valence-corrected chi connectivity index (χ1v) is 6.45. The Morgan fingerprint density at radius 3 is 2.79 bits per heavy atom. The lowest BCUT2D eigenvalue weighted by Gasteiger charge is -2.11. The molecule has 0 unspecified atom stereocenters. The number of carbonyl (C=O) groups is 1. The number of ether oxygens (including phenoxy) is 1. The van der Waals surface area contributed by atoms with E-state index in [4.69, 9.17) is 15.6 Å². The molecule has 0 saturated heterocycles. The summed E-state index contributed by atoms with van der Waals surface area (Å²) in [5, 5.41) is 12.1. The number of hydrogen-bond acceptors (Lipinski definition) is 4. The van der Waals surface area contributed by atoms with Gasteiger partial charge in [0.05, 0.1) is 17.9 Å². The topological polar surface area (TPSA) is 84.6 Å². The van der Waals surface area contributed by atoms with Crippen molar-refractivity contribution in [3.8, 4) is 0 Å². The first kappa shape index (κ1) is 15.3. The van der Waals surface area contributed by atoms with Crippen LogP contribution in [0, 0.1) is 5.92 Å². The summed E-state index contributed by atoms with van der Waals surface area (Å²) in [6.07, 6.45) is 1.03. The van der Waals surface area contributed by atoms with Crippen molar-refractivity contribution in [1.29, 1.82) is 0 Å². The molecule has 4 N–H and O–H groups in total. The molecule has 0 saturated carbocycles. The number of nitrogens with two attached hydrogens (primary N) is 1. The molecule has 1 rings (SSSR count). The first-order valence-electron chi connectivity index (χ1n) is 6.45. The van der Waals surface area contributed by atoms with Crippen molar-refractivity contribution >= 4 is 17.3 Å². The number of aromatic carboxylic acids is 1. The standard InChI is InChI=1S/C14H22N2O3/c1-10(2)5-7-19-8-6-16-13-9-11(15)3-4-12(13)14(17)18/h3-4,9-10,16H,5-8,15H2,1-2H3,(H,17,18). The van der Waals surface area contributed by atoms with Gasteiger partial charge in [0, 0.05) is 18.8 Å². The van der Waals surface area contributed by atoms with Crippen LogP contribution < -0.4 is 11.1 Å². The fourth-order valence-corrected chi connectivity index (χ4v) is 1.57. The number of anilines is 2. The third kappa shape index (κ3) is 5.61. The number of carboxylic acids is 1. The van der Waals surface area contributed by atoms with E-state index in [0.717, 1.165) is 13.0 Å². The van der Waals surface area contributed by atoms with Crippen LogP contribution in [0.1, 0.15) is 30.6 Å². The molecule has 0 heterocycles. The summed E-state index contributed by atoms with van der Waals surface area (Å²) in [5.74, 6) is -0.344. The number of hydrogen-bond donors (Lipinski definition) is 3. The average Bonchev–Trinajstić information content (AvgIpc) is 2.33. The number of rotatable bonds is 8. The molecule has 0 amide bonds. The maximum Gasteiger partial charge on any atom is 0.337 e. The first-order chi connectivity index (χ1) is 9.00. The summed E-state index contributed by atoms with van der Waals surface area (Å²) in [4.78, 5) is 11.0. The van der Waals surface area contributed by atoms with Crippen LogP contribution >= 0.6 is 0 Å². The van der Waals surface area contributed by atoms with Crippen LogP contribution in [0.2, 0.25) is 0 Å². The molecule has 0 aliphatic heterocycles. The van der Waals surface area contributed by atoms with Crippen LogP contribution in [0.5, 0.6) is 0 Å². The lowest BCUT2D eigenvalue weighted by Crippen LogP contribution is -2.13. The Bertz CT molecular complexity index is 419. The fourth-order valence-electron chi connectivity index (χ4n) is 1.57. The molecule has 0 aliphatic carbocycles. The molecule has 0 bridgehead atoms. The van der Waals surface area contributed by atoms with Gasteiger partial charge in [0.25, 0.3) is 0 Å². The van der Waals surface area contributed by atoms with E-state index in [1.165, 1.54) is 6.07 Å². The van der Waals surface area contributed by atoms with Crippen LogP contribution in [0.3, 0.4) is 0 Å². The summed E-state index contributed by atoms with van der Waals surface area (Å²) in [6.45, 7) is 6.12. The minimum Gasteiger partial charge on any atom is -0.478 e. The average molecular weight is 266 g/mol. The van der Waals surface area contributed by atoms with Gasteiger partial charge in [-0.1, -0.05) is 13.8 Å². The Kier molecular flexibility index (Phi) is 6.15. The molecule has 0 aliphatic rings. The van der Waals surface area contributed by atoms with Crippen molar-refractivity contribution in [2.45, 2.75) is 20.3 Å². The second-order valence-corrected chi connectivity index (χ2v) is 4.83. The van der Waals surface area contributed by atoms with Crippen LogP contribution in [0.4, 0.5) is 11.4 Å². The Morgan fingerprint density at radius 2 is 2.16 bits per heavy atom. The Morgan fingerprint density at radius 1 is 1.42 bits per heavy atom. The molecule has 1 aromatic carbocycles. The minimum atomic E-state index is -0.969. The van der Waals surface area contributed by atoms with Gasteiger partial charge in [0.1, 0.15) is 0 Å². The normalized spacial score (nSPS) is 10.7. The van der Waals surface area contributed by atoms with E-state index in [-0.39, 0.29) is 5.56 Å². The van der Waals surface area contributed by atoms with Gasteiger partial charge >= 0.3 is 5.97 Å². The number of nitrogen functional groups attached to an aromatic ring is 1. The maximum atomic E-state index is 11.0. The van der Waals surface area contributed by atoms with E-state index in [2.05, 4.69) is 19.2 Å². The molecule has 0 atom stereocenters. The van der Waals surface area contributed by atoms with Crippen molar-refractivity contribution in [2.75, 3.05) is 30.8 Å². The molecule has 5 nitrogen and oxygen atoms in total. The van der Waals surface area contributed by atoms with Crippen molar-refractivity contribution in [3.05, 3.63) is 23.8 Å². The smallest absolute Gasteiger partial charge is 0.337 e. The quantitative estimate of drug-likeness (QED) is 0.497. The monoisotopic (exact) mass is 266 g/mol. The van der Waals surface area contributed by atoms with Gasteiger partial charge in [-0.3, -0.25) is 0 Å². The van der Waals surface area contributed by atoms with E-state index in [1.807, 2.05) is 0 Å². The van der Waals surface area contributed by atoms with Crippen molar-refractivity contribution in [1.82, 2.24) is 0 Å². The summed E-state index contributed by atoms with van der Waals surface area (Å²) >= 11 is 0. The van der Waals surface area contributed by atoms with Crippen molar-refractivity contribution < 1.29 is 14.6 Å². The molecule has 0 spiro atoms. The molecule has 0 fully saturated rings. The molecule has 0 radical (unpaired) electrons. The summed E-state index contributed by atoms with van der Waals surface area (Å²) in [7, 11) is 0. The third-order valence-electron chi connectivity index (χ3n) is 2.68. The van der Waals surface area contributed by atoms with Gasteiger partial charge in [-0.05, 0) is 30.5 Å². The Balaban J connectivity index is 2.40. The summed E-state index contributed by atoms with van der Waals surface area (Å²) in [5.41, 5.74) is 6.93. The third-order valence-corrected chi connectivity index (χ3v) is 2.68. The zero-order valence-electron chi connectivity index (χ0n) is 11.5. The molecule has 0 aromatic heterocycles. The van der Waals surface area contributed by atoms with Gasteiger partial charge in [-0.2, -0.15) is 0 Å². The van der Waals surface area contributed by atoms with Crippen molar-refractivity contribution in [3.63, 3.8) is 0 Å². The molecular weight excluding hydrogens is 244 g/mol. The number of nitrogens with one attached hydrogen (secondary N) is 1. The largest absolute Gasteiger partial charge is 0.478 e. The van der Waals surface area contributed by atoms with Gasteiger partial charge in [0.2, 0.25) is 0 Å². The SMILES string of the molecule is CC(C)CCOCCNc1cc(N)ccc1C(=O)O. The van der Waals surface area contributed by atoms with Gasteiger partial charge < -0.3 is 20.9 Å². The van der Waals surface area contributed by atoms with E-state index in [1.54, 1.807) is 12.1 Å². The highest BCUT2D eigenvalue weighted by molar-refractivity contribution is 5.95. The molecule has 19 heavy (non-hydrogen) atoms. The second-order valence-electron chi connectivity index (χ2n) is 4.83. The molecule has 5 heteroatoms. The summed E-state index contributed by atoms with van der Waals surface area (Å²) < 4.78 is 5.46. The number of carboxylic acid groups (broad SMARTS) is 1. The predicted molar refractivity (Wildman–Crippen MR) is 76.6 cm³/mol. The predicted octanol–water partition coefficient (Wildman–Crippen LogP) is 2.44. The molecule has 106 valence electrons. The lowest BCUT2D eigenvalue weighted by molar-refractivity contribution is 0.0697. The van der Waals surface area contributed by atoms with E-state index in [9.17, 15) is 4.79 Å². The maximum absolute atomic E-state index is 11.0. The van der Waals surface area contributed by atoms with Crippen LogP contribution in [-0.2, 0) is 4.74 Å². The van der Waals surface area contributed by atoms with E-state index < -0.39 is 5.97 Å². The van der Waals surface area contributed by atoms with Gasteiger partial charge in [0.15, 0.2) is 0 Å². The zero-order chi connectivity index (χ0) is 14.3. The van der Waals surface area contributed by atoms with E-state index in [0.29, 0.717) is 30.4 Å². The van der Waals surface area contributed by atoms with Crippen LogP contribution in [0.15, 0.2) is 18.2 Å². The van der Waals surface area contributed by atoms with Crippen molar-refractivity contribution in [2.24, 2.45) is 5.92 Å². The van der Waals surface area contributed by atoms with Crippen LogP contribution in [-0.4, -0.2) is 30.8 Å². The van der Waals surface area contributed by atoms with E-state index >= 15 is 0 Å². The Hall–Kier alpha value is -1.75. The number of benzene rings is 1. The summed E-state index contributed by atoms with van der Waals surface area (Å²) in [6, 6.07) is 4.70. The zero-order valence-corrected chi connectivity index (χ0v) is 11.5. The Labute approximate surface area is 113 Å². The van der Waals surface area contributed by atoms with Gasteiger partial charge in [-0.25, -0.2) is 4.79 Å². The second kappa shape index (κ2) is 7.63. The minimum absolute atomic E-state index is 0.219. The lowest BCUT2D eigenvalue weighted by atomic mass is 10.1. The fraction of sp³-hybridized carbons (Fsp3) is 0.500. The highest BCUT2D eigenvalue weighted by atomic mass is 16.5. The molecular formula is C14H22N2O3. The van der Waals surface area contributed by atoms with Gasteiger partial charge in [-0.15, -0.1) is 0 Å². The molecule has 1 aromatic rings. The highest BCUT2D eigenvalue weighted by Crippen LogP contribution is 2.18. The highest BCUT2D eigenvalue weighted by Gasteiger charge is 2.09. The van der Waals surface area contributed by atoms with Crippen LogP contribution in [0.25, 0.3) is 0 Å².